The van der Waals surface area contributed by atoms with Gasteiger partial charge in [0.25, 0.3) is 5.91 Å². The molecule has 0 radical (unpaired) electrons. The van der Waals surface area contributed by atoms with Crippen molar-refractivity contribution in [3.63, 3.8) is 0 Å². The van der Waals surface area contributed by atoms with Gasteiger partial charge in [-0.05, 0) is 37.8 Å². The summed E-state index contributed by atoms with van der Waals surface area (Å²) in [5.41, 5.74) is 8.16. The molecule has 1 aromatic heterocycles. The Kier molecular flexibility index (Phi) is 7.71. The summed E-state index contributed by atoms with van der Waals surface area (Å²) in [5.74, 6) is -0.812. The molecule has 8 heteroatoms. The van der Waals surface area contributed by atoms with Crippen LogP contribution in [0.1, 0.15) is 47.5 Å². The second-order valence-electron chi connectivity index (χ2n) is 8.49. The number of carbonyl (C=O) groups excluding carboxylic acids is 3. The molecule has 0 spiro atoms. The standard InChI is InChI=1S/C25H30N4O4/c1-15(2)13-20(27-25(32)26-14-18-11-9-16(3)10-12-18)23(30)28-29-24(31)22-17(4)19-7-5-6-8-21(19)33-22/h5-12,15,20H,13-14H2,1-4H3,(H,28,30)(H,29,31)(H2,26,27,32). The topological polar surface area (TPSA) is 112 Å². The van der Waals surface area contributed by atoms with Crippen LogP contribution in [0, 0.1) is 19.8 Å². The van der Waals surface area contributed by atoms with Gasteiger partial charge in [0.1, 0.15) is 11.6 Å². The monoisotopic (exact) mass is 450 g/mol. The van der Waals surface area contributed by atoms with Gasteiger partial charge in [-0.3, -0.25) is 20.4 Å². The Balaban J connectivity index is 1.57. The number of para-hydroxylation sites is 1. The van der Waals surface area contributed by atoms with Crippen LogP contribution >= 0.6 is 0 Å². The fraction of sp³-hybridized carbons (Fsp3) is 0.320. The van der Waals surface area contributed by atoms with Crippen molar-refractivity contribution >= 4 is 28.8 Å². The van der Waals surface area contributed by atoms with Gasteiger partial charge in [0, 0.05) is 17.5 Å². The average molecular weight is 451 g/mol. The van der Waals surface area contributed by atoms with E-state index >= 15 is 0 Å². The van der Waals surface area contributed by atoms with E-state index in [-0.39, 0.29) is 11.7 Å². The molecule has 1 unspecified atom stereocenters. The van der Waals surface area contributed by atoms with Crippen LogP contribution in [0.5, 0.6) is 0 Å². The Labute approximate surface area is 193 Å². The van der Waals surface area contributed by atoms with E-state index in [9.17, 15) is 14.4 Å². The number of carbonyl (C=O) groups is 3. The minimum absolute atomic E-state index is 0.126. The lowest BCUT2D eigenvalue weighted by Crippen LogP contribution is -2.54. The number of furan rings is 1. The van der Waals surface area contributed by atoms with E-state index in [1.165, 1.54) is 0 Å². The van der Waals surface area contributed by atoms with Crippen molar-refractivity contribution < 1.29 is 18.8 Å². The maximum Gasteiger partial charge on any atom is 0.315 e. The molecule has 0 fully saturated rings. The summed E-state index contributed by atoms with van der Waals surface area (Å²) in [6.07, 6.45) is 0.406. The Morgan fingerprint density at radius 1 is 0.939 bits per heavy atom. The number of aryl methyl sites for hydroxylation is 2. The lowest BCUT2D eigenvalue weighted by molar-refractivity contribution is -0.124. The van der Waals surface area contributed by atoms with Gasteiger partial charge in [-0.15, -0.1) is 0 Å². The van der Waals surface area contributed by atoms with Crippen molar-refractivity contribution in [1.29, 1.82) is 0 Å². The fourth-order valence-corrected chi connectivity index (χ4v) is 3.45. The van der Waals surface area contributed by atoms with E-state index in [0.29, 0.717) is 24.1 Å². The first kappa shape index (κ1) is 23.8. The molecule has 4 amide bonds. The lowest BCUT2D eigenvalue weighted by atomic mass is 10.0. The van der Waals surface area contributed by atoms with Gasteiger partial charge in [-0.1, -0.05) is 61.9 Å². The minimum Gasteiger partial charge on any atom is -0.451 e. The first-order chi connectivity index (χ1) is 15.7. The molecule has 3 rings (SSSR count). The number of fused-ring (bicyclic) bond motifs is 1. The third kappa shape index (κ3) is 6.35. The fourth-order valence-electron chi connectivity index (χ4n) is 3.45. The van der Waals surface area contributed by atoms with Gasteiger partial charge in [-0.2, -0.15) is 0 Å². The Morgan fingerprint density at radius 2 is 1.64 bits per heavy atom. The van der Waals surface area contributed by atoms with Crippen LogP contribution < -0.4 is 21.5 Å². The molecule has 2 aromatic carbocycles. The summed E-state index contributed by atoms with van der Waals surface area (Å²) in [5, 5.41) is 6.28. The molecule has 33 heavy (non-hydrogen) atoms. The summed E-state index contributed by atoms with van der Waals surface area (Å²) in [6, 6.07) is 13.8. The summed E-state index contributed by atoms with van der Waals surface area (Å²) in [7, 11) is 0. The van der Waals surface area contributed by atoms with Crippen LogP contribution in [0.15, 0.2) is 52.9 Å². The molecule has 8 nitrogen and oxygen atoms in total. The molecule has 0 aliphatic rings. The van der Waals surface area contributed by atoms with E-state index in [1.807, 2.05) is 63.2 Å². The molecule has 0 bridgehead atoms. The zero-order valence-corrected chi connectivity index (χ0v) is 19.3. The van der Waals surface area contributed by atoms with Crippen molar-refractivity contribution in [2.24, 2.45) is 5.92 Å². The highest BCUT2D eigenvalue weighted by molar-refractivity contribution is 6.00. The highest BCUT2D eigenvalue weighted by Crippen LogP contribution is 2.24. The number of benzene rings is 2. The molecule has 3 aromatic rings. The van der Waals surface area contributed by atoms with Gasteiger partial charge in [0.05, 0.1) is 0 Å². The molecule has 174 valence electrons. The number of amides is 4. The van der Waals surface area contributed by atoms with Crippen molar-refractivity contribution in [3.05, 3.63) is 71.0 Å². The third-order valence-corrected chi connectivity index (χ3v) is 5.25. The molecule has 0 aliphatic carbocycles. The maximum atomic E-state index is 12.7. The van der Waals surface area contributed by atoms with E-state index in [4.69, 9.17) is 4.42 Å². The van der Waals surface area contributed by atoms with Crippen LogP contribution in [0.25, 0.3) is 11.0 Å². The second-order valence-corrected chi connectivity index (χ2v) is 8.49. The van der Waals surface area contributed by atoms with Crippen LogP contribution in [-0.2, 0) is 11.3 Å². The van der Waals surface area contributed by atoms with Gasteiger partial charge >= 0.3 is 11.9 Å². The number of nitrogens with one attached hydrogen (secondary N) is 4. The maximum absolute atomic E-state index is 12.7. The largest absolute Gasteiger partial charge is 0.451 e. The van der Waals surface area contributed by atoms with Crippen molar-refractivity contribution in [3.8, 4) is 0 Å². The normalized spacial score (nSPS) is 11.8. The molecule has 0 saturated carbocycles. The predicted molar refractivity (Wildman–Crippen MR) is 126 cm³/mol. The third-order valence-electron chi connectivity index (χ3n) is 5.25. The second kappa shape index (κ2) is 10.7. The molecule has 1 heterocycles. The van der Waals surface area contributed by atoms with Crippen LogP contribution in [-0.4, -0.2) is 23.9 Å². The van der Waals surface area contributed by atoms with Gasteiger partial charge < -0.3 is 15.1 Å². The number of hydrogen-bond acceptors (Lipinski definition) is 4. The molecule has 4 N–H and O–H groups in total. The molecule has 0 saturated heterocycles. The summed E-state index contributed by atoms with van der Waals surface area (Å²) in [4.78, 5) is 37.7. The predicted octanol–water partition coefficient (Wildman–Crippen LogP) is 3.72. The van der Waals surface area contributed by atoms with E-state index < -0.39 is 23.9 Å². The summed E-state index contributed by atoms with van der Waals surface area (Å²) < 4.78 is 5.62. The quantitative estimate of drug-likeness (QED) is 0.411. The summed E-state index contributed by atoms with van der Waals surface area (Å²) >= 11 is 0. The number of rotatable bonds is 7. The van der Waals surface area contributed by atoms with E-state index in [0.717, 1.165) is 16.5 Å². The smallest absolute Gasteiger partial charge is 0.315 e. The molecule has 0 aliphatic heterocycles. The Hall–Kier alpha value is -3.81. The first-order valence-corrected chi connectivity index (χ1v) is 10.9. The van der Waals surface area contributed by atoms with Crippen molar-refractivity contribution in [2.45, 2.75) is 46.7 Å². The lowest BCUT2D eigenvalue weighted by Gasteiger charge is -2.20. The Bertz CT molecular complexity index is 1140. The average Bonchev–Trinajstić information content (AvgIpc) is 3.13. The minimum atomic E-state index is -0.819. The van der Waals surface area contributed by atoms with Crippen LogP contribution in [0.3, 0.4) is 0 Å². The van der Waals surface area contributed by atoms with E-state index in [2.05, 4.69) is 21.5 Å². The van der Waals surface area contributed by atoms with Crippen LogP contribution in [0.4, 0.5) is 4.79 Å². The summed E-state index contributed by atoms with van der Waals surface area (Å²) in [6.45, 7) is 8.01. The van der Waals surface area contributed by atoms with Crippen LogP contribution in [0.2, 0.25) is 0 Å². The highest BCUT2D eigenvalue weighted by Gasteiger charge is 2.24. The number of hydrogen-bond donors (Lipinski definition) is 4. The van der Waals surface area contributed by atoms with Crippen molar-refractivity contribution in [2.75, 3.05) is 0 Å². The van der Waals surface area contributed by atoms with E-state index in [1.54, 1.807) is 13.0 Å². The van der Waals surface area contributed by atoms with Crippen molar-refractivity contribution in [1.82, 2.24) is 21.5 Å². The van der Waals surface area contributed by atoms with Gasteiger partial charge in [0.15, 0.2) is 5.76 Å². The highest BCUT2D eigenvalue weighted by atomic mass is 16.3. The first-order valence-electron chi connectivity index (χ1n) is 10.9. The SMILES string of the molecule is Cc1ccc(CNC(=O)NC(CC(C)C)C(=O)NNC(=O)c2oc3ccccc3c2C)cc1. The zero-order chi connectivity index (χ0) is 24.0. The number of urea groups is 1. The van der Waals surface area contributed by atoms with Gasteiger partial charge in [0.2, 0.25) is 0 Å². The molecular formula is C25H30N4O4. The van der Waals surface area contributed by atoms with Gasteiger partial charge in [-0.25, -0.2) is 4.79 Å². The molecular weight excluding hydrogens is 420 g/mol. The molecule has 1 atom stereocenters. The zero-order valence-electron chi connectivity index (χ0n) is 19.3. The number of hydrazine groups is 1. The Morgan fingerprint density at radius 3 is 2.30 bits per heavy atom.